The SMILES string of the molecule is CC(C)CCCNS(=O)(=O)c1ccc(F)c(C(N)=S)c1. The second-order valence-corrected chi connectivity index (χ2v) is 7.15. The van der Waals surface area contributed by atoms with Gasteiger partial charge >= 0.3 is 0 Å². The van der Waals surface area contributed by atoms with E-state index in [1.165, 1.54) is 6.07 Å². The van der Waals surface area contributed by atoms with Crippen LogP contribution in [0.5, 0.6) is 0 Å². The minimum atomic E-state index is -3.66. The Balaban J connectivity index is 2.82. The predicted octanol–water partition coefficient (Wildman–Crippen LogP) is 2.17. The first-order valence-corrected chi connectivity index (χ1v) is 8.22. The Bertz CT molecular complexity index is 586. The summed E-state index contributed by atoms with van der Waals surface area (Å²) in [6, 6.07) is 3.40. The van der Waals surface area contributed by atoms with Crippen LogP contribution in [0.25, 0.3) is 0 Å². The highest BCUT2D eigenvalue weighted by molar-refractivity contribution is 7.89. The third-order valence-corrected chi connectivity index (χ3v) is 4.44. The molecule has 4 nitrogen and oxygen atoms in total. The van der Waals surface area contributed by atoms with E-state index in [1.807, 2.05) is 0 Å². The molecule has 0 heterocycles. The summed E-state index contributed by atoms with van der Waals surface area (Å²) in [5, 5.41) is 0. The van der Waals surface area contributed by atoms with Gasteiger partial charge in [0.25, 0.3) is 0 Å². The fraction of sp³-hybridized carbons (Fsp3) is 0.462. The lowest BCUT2D eigenvalue weighted by atomic mass is 10.1. The summed E-state index contributed by atoms with van der Waals surface area (Å²) in [5.41, 5.74) is 5.29. The smallest absolute Gasteiger partial charge is 0.240 e. The number of benzene rings is 1. The molecule has 20 heavy (non-hydrogen) atoms. The van der Waals surface area contributed by atoms with Gasteiger partial charge in [-0.2, -0.15) is 0 Å². The van der Waals surface area contributed by atoms with Crippen molar-refractivity contribution in [2.75, 3.05) is 6.54 Å². The normalized spacial score (nSPS) is 11.8. The summed E-state index contributed by atoms with van der Waals surface area (Å²) < 4.78 is 40.0. The number of nitrogens with two attached hydrogens (primary N) is 1. The molecular weight excluding hydrogens is 299 g/mol. The molecule has 0 aliphatic heterocycles. The van der Waals surface area contributed by atoms with Crippen molar-refractivity contribution in [3.8, 4) is 0 Å². The first kappa shape index (κ1) is 17.0. The van der Waals surface area contributed by atoms with E-state index in [-0.39, 0.29) is 15.4 Å². The topological polar surface area (TPSA) is 72.2 Å². The quantitative estimate of drug-likeness (QED) is 0.597. The molecule has 0 bridgehead atoms. The Kier molecular flexibility index (Phi) is 6.04. The Labute approximate surface area is 124 Å². The van der Waals surface area contributed by atoms with Gasteiger partial charge in [-0.15, -0.1) is 0 Å². The number of thiocarbonyl (C=S) groups is 1. The molecule has 0 atom stereocenters. The van der Waals surface area contributed by atoms with Crippen LogP contribution in [0.4, 0.5) is 4.39 Å². The lowest BCUT2D eigenvalue weighted by molar-refractivity contribution is 0.539. The van der Waals surface area contributed by atoms with Gasteiger partial charge in [0.05, 0.1) is 4.90 Å². The Morgan fingerprint density at radius 3 is 2.65 bits per heavy atom. The average Bonchev–Trinajstić information content (AvgIpc) is 2.34. The summed E-state index contributed by atoms with van der Waals surface area (Å²) in [7, 11) is -3.66. The molecule has 7 heteroatoms. The van der Waals surface area contributed by atoms with Crippen LogP contribution in [0.2, 0.25) is 0 Å². The monoisotopic (exact) mass is 318 g/mol. The third kappa shape index (κ3) is 4.81. The van der Waals surface area contributed by atoms with Crippen LogP contribution < -0.4 is 10.5 Å². The summed E-state index contributed by atoms with van der Waals surface area (Å²) in [6.45, 7) is 4.49. The summed E-state index contributed by atoms with van der Waals surface area (Å²) in [6.07, 6.45) is 1.68. The lowest BCUT2D eigenvalue weighted by Gasteiger charge is -2.09. The second-order valence-electron chi connectivity index (χ2n) is 4.94. The molecule has 112 valence electrons. The molecule has 0 amide bonds. The molecule has 0 aliphatic rings. The maximum Gasteiger partial charge on any atom is 0.240 e. The number of sulfonamides is 1. The molecule has 1 aromatic rings. The van der Waals surface area contributed by atoms with Crippen molar-refractivity contribution >= 4 is 27.2 Å². The van der Waals surface area contributed by atoms with Crippen LogP contribution in [0, 0.1) is 11.7 Å². The van der Waals surface area contributed by atoms with Crippen LogP contribution in [-0.4, -0.2) is 20.0 Å². The zero-order valence-electron chi connectivity index (χ0n) is 11.5. The van der Waals surface area contributed by atoms with Gasteiger partial charge in [0, 0.05) is 12.1 Å². The molecule has 0 aliphatic carbocycles. The standard InChI is InChI=1S/C13H19FN2O2S2/c1-9(2)4-3-7-16-20(17,18)10-5-6-12(14)11(8-10)13(15)19/h5-6,8-9,16H,3-4,7H2,1-2H3,(H2,15,19). The molecule has 0 radical (unpaired) electrons. The van der Waals surface area contributed by atoms with Crippen molar-refractivity contribution in [3.63, 3.8) is 0 Å². The zero-order chi connectivity index (χ0) is 15.3. The molecule has 1 aromatic carbocycles. The first-order chi connectivity index (χ1) is 9.24. The molecule has 0 saturated carbocycles. The maximum atomic E-state index is 13.4. The van der Waals surface area contributed by atoms with Gasteiger partial charge in [0.1, 0.15) is 10.8 Å². The van der Waals surface area contributed by atoms with Crippen molar-refractivity contribution in [1.29, 1.82) is 0 Å². The Morgan fingerprint density at radius 1 is 1.45 bits per heavy atom. The van der Waals surface area contributed by atoms with E-state index in [0.29, 0.717) is 12.5 Å². The Morgan fingerprint density at radius 2 is 2.10 bits per heavy atom. The highest BCUT2D eigenvalue weighted by Gasteiger charge is 2.16. The molecule has 0 saturated heterocycles. The number of nitrogens with one attached hydrogen (secondary N) is 1. The maximum absolute atomic E-state index is 13.4. The molecule has 1 rings (SSSR count). The first-order valence-electron chi connectivity index (χ1n) is 6.33. The molecule has 0 spiro atoms. The van der Waals surface area contributed by atoms with Crippen molar-refractivity contribution in [3.05, 3.63) is 29.6 Å². The molecule has 0 unspecified atom stereocenters. The van der Waals surface area contributed by atoms with Crippen molar-refractivity contribution in [2.24, 2.45) is 11.7 Å². The van der Waals surface area contributed by atoms with Crippen molar-refractivity contribution < 1.29 is 12.8 Å². The van der Waals surface area contributed by atoms with Crippen LogP contribution in [0.3, 0.4) is 0 Å². The molecule has 3 N–H and O–H groups in total. The van der Waals surface area contributed by atoms with Crippen molar-refractivity contribution in [2.45, 2.75) is 31.6 Å². The summed E-state index contributed by atoms with van der Waals surface area (Å²) in [4.78, 5) is -0.203. The van der Waals surface area contributed by atoms with Gasteiger partial charge < -0.3 is 5.73 Å². The number of rotatable bonds is 7. The van der Waals surface area contributed by atoms with Crippen LogP contribution in [0.1, 0.15) is 32.3 Å². The fourth-order valence-corrected chi connectivity index (χ4v) is 2.92. The summed E-state index contributed by atoms with van der Waals surface area (Å²) in [5.74, 6) is -0.109. The second kappa shape index (κ2) is 7.10. The minimum absolute atomic E-state index is 0.0359. The van der Waals surface area contributed by atoms with E-state index in [4.69, 9.17) is 5.73 Å². The van der Waals surface area contributed by atoms with Crippen LogP contribution in [-0.2, 0) is 10.0 Å². The number of halogens is 1. The fourth-order valence-electron chi connectivity index (χ4n) is 1.66. The highest BCUT2D eigenvalue weighted by Crippen LogP contribution is 2.15. The van der Waals surface area contributed by atoms with Gasteiger partial charge in [0.15, 0.2) is 0 Å². The molecule has 0 fully saturated rings. The number of hydrogen-bond acceptors (Lipinski definition) is 3. The van der Waals surface area contributed by atoms with E-state index in [0.717, 1.165) is 25.0 Å². The van der Waals surface area contributed by atoms with Gasteiger partial charge in [-0.1, -0.05) is 26.1 Å². The van der Waals surface area contributed by atoms with E-state index in [2.05, 4.69) is 30.8 Å². The largest absolute Gasteiger partial charge is 0.389 e. The molecule has 0 aromatic heterocycles. The highest BCUT2D eigenvalue weighted by atomic mass is 32.2. The summed E-state index contributed by atoms with van der Waals surface area (Å²) >= 11 is 4.69. The van der Waals surface area contributed by atoms with Crippen LogP contribution >= 0.6 is 12.2 Å². The number of hydrogen-bond donors (Lipinski definition) is 2. The van der Waals surface area contributed by atoms with E-state index in [1.54, 1.807) is 0 Å². The minimum Gasteiger partial charge on any atom is -0.389 e. The third-order valence-electron chi connectivity index (χ3n) is 2.76. The average molecular weight is 318 g/mol. The van der Waals surface area contributed by atoms with Gasteiger partial charge in [-0.25, -0.2) is 17.5 Å². The zero-order valence-corrected chi connectivity index (χ0v) is 13.2. The van der Waals surface area contributed by atoms with E-state index in [9.17, 15) is 12.8 Å². The van der Waals surface area contributed by atoms with Gasteiger partial charge in [-0.05, 0) is 37.0 Å². The molecular formula is C13H19FN2O2S2. The predicted molar refractivity (Wildman–Crippen MR) is 81.5 cm³/mol. The van der Waals surface area contributed by atoms with Crippen molar-refractivity contribution in [1.82, 2.24) is 4.72 Å². The lowest BCUT2D eigenvalue weighted by Crippen LogP contribution is -2.25. The van der Waals surface area contributed by atoms with E-state index < -0.39 is 15.8 Å². The van der Waals surface area contributed by atoms with Gasteiger partial charge in [-0.3, -0.25) is 0 Å². The van der Waals surface area contributed by atoms with E-state index >= 15 is 0 Å². The Hall–Kier alpha value is -1.05. The van der Waals surface area contributed by atoms with Crippen LogP contribution in [0.15, 0.2) is 23.1 Å². The van der Waals surface area contributed by atoms with Gasteiger partial charge in [0.2, 0.25) is 10.0 Å².